The first-order valence-corrected chi connectivity index (χ1v) is 23.2. The minimum Gasteiger partial charge on any atom is -0.310 e. The van der Waals surface area contributed by atoms with E-state index >= 15 is 0 Å². The van der Waals surface area contributed by atoms with Crippen LogP contribution < -0.4 is 4.90 Å². The molecule has 13 rings (SSSR count). The van der Waals surface area contributed by atoms with E-state index in [2.05, 4.69) is 276 Å². The fraction of sp³-hybridized carbons (Fsp3) is 0.0154. The molecule has 0 saturated carbocycles. The summed E-state index contributed by atoms with van der Waals surface area (Å²) in [6.07, 6.45) is 0. The Morgan fingerprint density at radius 1 is 0.313 bits per heavy atom. The summed E-state index contributed by atoms with van der Waals surface area (Å²) in [4.78, 5) is 2.39. The van der Waals surface area contributed by atoms with Gasteiger partial charge in [0, 0.05) is 33.2 Å². The van der Waals surface area contributed by atoms with Gasteiger partial charge in [0.2, 0.25) is 0 Å². The Hall–Kier alpha value is -8.72. The lowest BCUT2D eigenvalue weighted by molar-refractivity contribution is 0.770. The number of hydrogen-bond acceptors (Lipinski definition) is 1. The number of benzene rings is 11. The molecule has 0 atom stereocenters. The first-order chi connectivity index (χ1) is 33.2. The van der Waals surface area contributed by atoms with Crippen molar-refractivity contribution in [1.29, 1.82) is 0 Å². The van der Waals surface area contributed by atoms with E-state index in [-0.39, 0.29) is 0 Å². The number of rotatable bonds is 8. The normalized spacial score (nSPS) is 12.6. The van der Waals surface area contributed by atoms with Crippen molar-refractivity contribution in [1.82, 2.24) is 4.57 Å². The lowest BCUT2D eigenvalue weighted by atomic mass is 9.67. The van der Waals surface area contributed by atoms with E-state index in [0.29, 0.717) is 0 Å². The molecular weight excluding hydrogens is 809 g/mol. The quantitative estimate of drug-likeness (QED) is 0.148. The Balaban J connectivity index is 0.974. The summed E-state index contributed by atoms with van der Waals surface area (Å²) in [6.45, 7) is 0. The number of fused-ring (bicyclic) bond motifs is 7. The number of para-hydroxylation sites is 1. The fourth-order valence-electron chi connectivity index (χ4n) is 11.1. The number of hydrogen-bond donors (Lipinski definition) is 0. The number of anilines is 3. The number of aromatic nitrogens is 1. The maximum Gasteiger partial charge on any atom is 0.0713 e. The Morgan fingerprint density at radius 2 is 0.806 bits per heavy atom. The molecule has 2 nitrogen and oxygen atoms in total. The first kappa shape index (κ1) is 38.7. The van der Waals surface area contributed by atoms with Crippen LogP contribution in [0.5, 0.6) is 0 Å². The molecular formula is C65H44N2. The van der Waals surface area contributed by atoms with Crippen LogP contribution in [0, 0.1) is 0 Å². The van der Waals surface area contributed by atoms with Crippen molar-refractivity contribution in [3.8, 4) is 39.1 Å². The fourth-order valence-corrected chi connectivity index (χ4v) is 11.1. The van der Waals surface area contributed by atoms with Crippen LogP contribution in [0.2, 0.25) is 0 Å². The number of nitrogens with zero attached hydrogens (tertiary/aromatic N) is 2. The van der Waals surface area contributed by atoms with Crippen LogP contribution in [0.25, 0.3) is 71.6 Å². The molecule has 0 saturated heterocycles. The smallest absolute Gasteiger partial charge is 0.0713 e. The summed E-state index contributed by atoms with van der Waals surface area (Å²) in [5.41, 5.74) is 18.9. The van der Waals surface area contributed by atoms with Gasteiger partial charge in [-0.25, -0.2) is 0 Å². The molecule has 12 aromatic rings. The summed E-state index contributed by atoms with van der Waals surface area (Å²) in [7, 11) is 0. The average molecular weight is 853 g/mol. The van der Waals surface area contributed by atoms with Gasteiger partial charge in [-0.05, 0) is 128 Å². The third-order valence-electron chi connectivity index (χ3n) is 14.1. The van der Waals surface area contributed by atoms with Crippen LogP contribution in [-0.4, -0.2) is 4.57 Å². The van der Waals surface area contributed by atoms with Crippen LogP contribution in [-0.2, 0) is 5.41 Å². The van der Waals surface area contributed by atoms with Crippen molar-refractivity contribution < 1.29 is 0 Å². The third kappa shape index (κ3) is 6.18. The van der Waals surface area contributed by atoms with Crippen LogP contribution >= 0.6 is 0 Å². The second kappa shape index (κ2) is 15.8. The van der Waals surface area contributed by atoms with Crippen molar-refractivity contribution in [2.45, 2.75) is 5.41 Å². The van der Waals surface area contributed by atoms with Gasteiger partial charge in [0.05, 0.1) is 22.1 Å². The van der Waals surface area contributed by atoms with E-state index in [4.69, 9.17) is 0 Å². The monoisotopic (exact) mass is 852 g/mol. The lowest BCUT2D eigenvalue weighted by Gasteiger charge is -2.34. The van der Waals surface area contributed by atoms with Gasteiger partial charge in [0.15, 0.2) is 0 Å². The second-order valence-electron chi connectivity index (χ2n) is 17.6. The Kier molecular flexibility index (Phi) is 9.11. The van der Waals surface area contributed by atoms with Gasteiger partial charge in [-0.15, -0.1) is 0 Å². The molecule has 314 valence electrons. The van der Waals surface area contributed by atoms with Crippen LogP contribution in [0.1, 0.15) is 22.3 Å². The molecule has 0 bridgehead atoms. The zero-order valence-electron chi connectivity index (χ0n) is 36.8. The minimum atomic E-state index is -0.491. The Morgan fingerprint density at radius 3 is 1.48 bits per heavy atom. The zero-order chi connectivity index (χ0) is 44.3. The maximum atomic E-state index is 2.49. The summed E-state index contributed by atoms with van der Waals surface area (Å²) >= 11 is 0. The topological polar surface area (TPSA) is 8.17 Å². The van der Waals surface area contributed by atoms with E-state index < -0.39 is 5.41 Å². The van der Waals surface area contributed by atoms with Crippen molar-refractivity contribution in [2.24, 2.45) is 0 Å². The average Bonchev–Trinajstić information content (AvgIpc) is 3.90. The van der Waals surface area contributed by atoms with Gasteiger partial charge in [0.1, 0.15) is 0 Å². The van der Waals surface area contributed by atoms with Gasteiger partial charge < -0.3 is 9.47 Å². The minimum absolute atomic E-state index is 0.491. The molecule has 0 N–H and O–H groups in total. The molecule has 1 aliphatic carbocycles. The van der Waals surface area contributed by atoms with E-state index in [9.17, 15) is 0 Å². The van der Waals surface area contributed by atoms with Crippen LogP contribution in [0.3, 0.4) is 0 Å². The van der Waals surface area contributed by atoms with Crippen LogP contribution in [0.15, 0.2) is 267 Å². The van der Waals surface area contributed by atoms with Gasteiger partial charge in [-0.1, -0.05) is 200 Å². The van der Waals surface area contributed by atoms with Crippen molar-refractivity contribution in [3.05, 3.63) is 289 Å². The molecule has 0 radical (unpaired) electrons. The van der Waals surface area contributed by atoms with Gasteiger partial charge >= 0.3 is 0 Å². The molecule has 1 aliphatic rings. The van der Waals surface area contributed by atoms with Crippen molar-refractivity contribution >= 4 is 49.6 Å². The third-order valence-corrected chi connectivity index (χ3v) is 14.1. The summed E-state index contributed by atoms with van der Waals surface area (Å²) < 4.78 is 2.43. The molecule has 0 fully saturated rings. The SMILES string of the molecule is c1ccc(-c2ccc(N(c3ccc(-c4ccc5c(c4)c4cc(C6(c7ccccc7)c7ccccc7-c7ccccc76)ccc4n5-c4ccccc4)cc3)c3cccc4ccccc34)cc2)cc1. The molecule has 1 aromatic heterocycles. The van der Waals surface area contributed by atoms with E-state index in [1.54, 1.807) is 0 Å². The molecule has 0 aliphatic heterocycles. The highest BCUT2D eigenvalue weighted by Gasteiger charge is 2.46. The molecule has 0 spiro atoms. The summed E-state index contributed by atoms with van der Waals surface area (Å²) in [5, 5.41) is 4.87. The van der Waals surface area contributed by atoms with Crippen molar-refractivity contribution in [2.75, 3.05) is 4.90 Å². The molecule has 0 unspecified atom stereocenters. The zero-order valence-corrected chi connectivity index (χ0v) is 36.8. The standard InChI is InChI=1S/C65H44N2/c1-4-17-45(18-5-1)46-31-37-53(38-32-46)66(62-30-16-20-48-19-10-11-25-55(48)62)54-39-33-47(34-40-54)49-35-41-63-58(43-49)59-44-51(36-42-64(59)67(63)52-23-8-3-9-24-52)65(50-21-6-2-7-22-50)60-28-14-12-26-56(60)57-27-13-15-29-61(57)65/h1-44H. The molecule has 1 heterocycles. The van der Waals surface area contributed by atoms with Gasteiger partial charge in [-0.2, -0.15) is 0 Å². The van der Waals surface area contributed by atoms with E-state index in [1.807, 2.05) is 0 Å². The predicted octanol–water partition coefficient (Wildman–Crippen LogP) is 17.1. The molecule has 67 heavy (non-hydrogen) atoms. The maximum absolute atomic E-state index is 2.49. The molecule has 11 aromatic carbocycles. The second-order valence-corrected chi connectivity index (χ2v) is 17.6. The van der Waals surface area contributed by atoms with E-state index in [0.717, 1.165) is 22.7 Å². The highest BCUT2D eigenvalue weighted by Crippen LogP contribution is 2.56. The van der Waals surface area contributed by atoms with E-state index in [1.165, 1.54) is 88.2 Å². The largest absolute Gasteiger partial charge is 0.310 e. The molecule has 2 heteroatoms. The predicted molar refractivity (Wildman–Crippen MR) is 281 cm³/mol. The van der Waals surface area contributed by atoms with Gasteiger partial charge in [0.25, 0.3) is 0 Å². The van der Waals surface area contributed by atoms with Gasteiger partial charge in [-0.3, -0.25) is 0 Å². The molecule has 0 amide bonds. The van der Waals surface area contributed by atoms with Crippen molar-refractivity contribution in [3.63, 3.8) is 0 Å². The first-order valence-electron chi connectivity index (χ1n) is 23.2. The highest BCUT2D eigenvalue weighted by molar-refractivity contribution is 6.11. The summed E-state index contributed by atoms with van der Waals surface area (Å²) in [5.74, 6) is 0. The Labute approximate surface area is 390 Å². The summed E-state index contributed by atoms with van der Waals surface area (Å²) in [6, 6.07) is 98.0. The highest BCUT2D eigenvalue weighted by atomic mass is 15.1. The lowest BCUT2D eigenvalue weighted by Crippen LogP contribution is -2.28. The Bertz CT molecular complexity index is 3720. The van der Waals surface area contributed by atoms with Crippen LogP contribution in [0.4, 0.5) is 17.1 Å².